The molecule has 2 rings (SSSR count). The molecule has 5 heteroatoms. The highest BCUT2D eigenvalue weighted by Gasteiger charge is 2.38. The molecule has 0 atom stereocenters. The van der Waals surface area contributed by atoms with E-state index in [1.165, 1.54) is 0 Å². The number of nitrogens with two attached hydrogens (primary N) is 1. The molecule has 118 valence electrons. The van der Waals surface area contributed by atoms with Crippen LogP contribution in [0.1, 0.15) is 49.3 Å². The van der Waals surface area contributed by atoms with E-state index in [0.717, 1.165) is 42.4 Å². The van der Waals surface area contributed by atoms with Crippen LogP contribution in [0.2, 0.25) is 0 Å². The number of nitrogens with zero attached hydrogens (tertiary/aromatic N) is 1. The minimum absolute atomic E-state index is 0.198. The molecular formula is C16H26N2O2S. The highest BCUT2D eigenvalue weighted by atomic mass is 32.2. The van der Waals surface area contributed by atoms with E-state index in [1.54, 1.807) is 10.4 Å². The van der Waals surface area contributed by atoms with Gasteiger partial charge in [0.15, 0.2) is 0 Å². The second kappa shape index (κ2) is 6.46. The summed E-state index contributed by atoms with van der Waals surface area (Å²) in [5.41, 5.74) is 8.51. The van der Waals surface area contributed by atoms with Gasteiger partial charge in [-0.2, -0.15) is 4.31 Å². The van der Waals surface area contributed by atoms with Gasteiger partial charge in [-0.05, 0) is 55.9 Å². The minimum Gasteiger partial charge on any atom is -0.326 e. The zero-order chi connectivity index (χ0) is 15.6. The molecule has 0 bridgehead atoms. The summed E-state index contributed by atoms with van der Waals surface area (Å²) in [6.45, 7) is 6.91. The molecule has 1 aliphatic rings. The summed E-state index contributed by atoms with van der Waals surface area (Å²) in [6, 6.07) is 3.89. The van der Waals surface area contributed by atoms with Crippen LogP contribution in [0.5, 0.6) is 0 Å². The summed E-state index contributed by atoms with van der Waals surface area (Å²) < 4.78 is 27.7. The Labute approximate surface area is 128 Å². The normalized spacial score (nSPS) is 15.7. The highest BCUT2D eigenvalue weighted by Crippen LogP contribution is 2.34. The molecule has 21 heavy (non-hydrogen) atoms. The average Bonchev–Trinajstić information content (AvgIpc) is 3.23. The van der Waals surface area contributed by atoms with Crippen molar-refractivity contribution in [3.05, 3.63) is 28.8 Å². The third kappa shape index (κ3) is 3.47. The Kier molecular flexibility index (Phi) is 5.07. The van der Waals surface area contributed by atoms with Gasteiger partial charge >= 0.3 is 0 Å². The van der Waals surface area contributed by atoms with E-state index < -0.39 is 10.0 Å². The Balaban J connectivity index is 2.41. The Morgan fingerprint density at radius 2 is 1.90 bits per heavy atom. The van der Waals surface area contributed by atoms with Gasteiger partial charge in [-0.1, -0.05) is 19.4 Å². The van der Waals surface area contributed by atoms with Gasteiger partial charge in [-0.25, -0.2) is 8.42 Å². The Hall–Kier alpha value is -0.910. The number of aryl methyl sites for hydroxylation is 2. The summed E-state index contributed by atoms with van der Waals surface area (Å²) in [5, 5.41) is 0. The monoisotopic (exact) mass is 310 g/mol. The predicted molar refractivity (Wildman–Crippen MR) is 85.6 cm³/mol. The van der Waals surface area contributed by atoms with E-state index in [1.807, 2.05) is 19.9 Å². The quantitative estimate of drug-likeness (QED) is 0.842. The van der Waals surface area contributed by atoms with Crippen molar-refractivity contribution < 1.29 is 8.42 Å². The molecule has 1 saturated carbocycles. The molecule has 0 spiro atoms. The minimum atomic E-state index is -3.41. The maximum atomic E-state index is 13.0. The van der Waals surface area contributed by atoms with Gasteiger partial charge < -0.3 is 5.73 Å². The van der Waals surface area contributed by atoms with Crippen molar-refractivity contribution in [1.82, 2.24) is 4.31 Å². The van der Waals surface area contributed by atoms with Crippen molar-refractivity contribution in [3.8, 4) is 0 Å². The van der Waals surface area contributed by atoms with Crippen LogP contribution in [0.4, 0.5) is 0 Å². The predicted octanol–water partition coefficient (Wildman–Crippen LogP) is 2.72. The van der Waals surface area contributed by atoms with E-state index in [0.29, 0.717) is 18.0 Å². The van der Waals surface area contributed by atoms with E-state index in [2.05, 4.69) is 6.92 Å². The number of hydrogen-bond donors (Lipinski definition) is 1. The van der Waals surface area contributed by atoms with Gasteiger partial charge in [0.05, 0.1) is 4.90 Å². The van der Waals surface area contributed by atoms with Crippen molar-refractivity contribution in [1.29, 1.82) is 0 Å². The summed E-state index contributed by atoms with van der Waals surface area (Å²) in [4.78, 5) is 0.427. The van der Waals surface area contributed by atoms with Crippen LogP contribution >= 0.6 is 0 Å². The first-order valence-corrected chi connectivity index (χ1v) is 9.17. The van der Waals surface area contributed by atoms with E-state index in [4.69, 9.17) is 5.73 Å². The Bertz CT molecular complexity index is 607. The second-order valence-electron chi connectivity index (χ2n) is 5.95. The first-order valence-electron chi connectivity index (χ1n) is 7.73. The second-order valence-corrected chi connectivity index (χ2v) is 7.81. The molecule has 0 aromatic heterocycles. The number of unbranched alkanes of at least 4 members (excludes halogenated alkanes) is 1. The van der Waals surface area contributed by atoms with Crippen LogP contribution in [-0.4, -0.2) is 25.3 Å². The number of rotatable bonds is 7. The van der Waals surface area contributed by atoms with Gasteiger partial charge in [-0.15, -0.1) is 0 Å². The van der Waals surface area contributed by atoms with Crippen LogP contribution in [0, 0.1) is 13.8 Å². The van der Waals surface area contributed by atoms with Gasteiger partial charge in [-0.3, -0.25) is 0 Å². The maximum Gasteiger partial charge on any atom is 0.243 e. The maximum absolute atomic E-state index is 13.0. The third-order valence-corrected chi connectivity index (χ3v) is 6.22. The molecule has 4 nitrogen and oxygen atoms in total. The number of benzene rings is 1. The molecule has 0 amide bonds. The fraction of sp³-hybridized carbons (Fsp3) is 0.625. The fourth-order valence-electron chi connectivity index (χ4n) is 2.67. The molecule has 0 unspecified atom stereocenters. The molecular weight excluding hydrogens is 284 g/mol. The fourth-order valence-corrected chi connectivity index (χ4v) is 4.66. The van der Waals surface area contributed by atoms with Gasteiger partial charge in [0, 0.05) is 19.1 Å². The van der Waals surface area contributed by atoms with Crippen LogP contribution in [0.25, 0.3) is 0 Å². The average molecular weight is 310 g/mol. The Morgan fingerprint density at radius 1 is 1.24 bits per heavy atom. The molecule has 1 aliphatic carbocycles. The van der Waals surface area contributed by atoms with E-state index in [-0.39, 0.29) is 6.04 Å². The van der Waals surface area contributed by atoms with Crippen LogP contribution < -0.4 is 5.73 Å². The summed E-state index contributed by atoms with van der Waals surface area (Å²) in [7, 11) is -3.41. The van der Waals surface area contributed by atoms with Crippen molar-refractivity contribution in [2.24, 2.45) is 5.73 Å². The van der Waals surface area contributed by atoms with E-state index in [9.17, 15) is 8.42 Å². The van der Waals surface area contributed by atoms with Crippen LogP contribution in [0.3, 0.4) is 0 Å². The van der Waals surface area contributed by atoms with Crippen LogP contribution in [-0.2, 0) is 16.6 Å². The van der Waals surface area contributed by atoms with Crippen molar-refractivity contribution in [2.45, 2.75) is 63.9 Å². The molecule has 0 aliphatic heterocycles. The van der Waals surface area contributed by atoms with Gasteiger partial charge in [0.1, 0.15) is 0 Å². The number of hydrogen-bond acceptors (Lipinski definition) is 3. The molecule has 2 N–H and O–H groups in total. The van der Waals surface area contributed by atoms with Gasteiger partial charge in [0.2, 0.25) is 10.0 Å². The lowest BCUT2D eigenvalue weighted by Gasteiger charge is -2.23. The largest absolute Gasteiger partial charge is 0.326 e. The first kappa shape index (κ1) is 16.5. The zero-order valence-corrected chi connectivity index (χ0v) is 14.0. The van der Waals surface area contributed by atoms with Crippen molar-refractivity contribution in [3.63, 3.8) is 0 Å². The smallest absolute Gasteiger partial charge is 0.243 e. The van der Waals surface area contributed by atoms with E-state index >= 15 is 0 Å². The molecule has 1 aromatic rings. The standard InChI is InChI=1S/C16H26N2O2S/c1-4-5-8-18(15-6-7-15)21(19,20)16-10-14(11-17)12(2)9-13(16)3/h9-10,15H,4-8,11,17H2,1-3H3. The first-order chi connectivity index (χ1) is 9.91. The third-order valence-electron chi connectivity index (χ3n) is 4.13. The lowest BCUT2D eigenvalue weighted by atomic mass is 10.1. The highest BCUT2D eigenvalue weighted by molar-refractivity contribution is 7.89. The topological polar surface area (TPSA) is 63.4 Å². The lowest BCUT2D eigenvalue weighted by Crippen LogP contribution is -2.34. The summed E-state index contributed by atoms with van der Waals surface area (Å²) >= 11 is 0. The molecule has 0 radical (unpaired) electrons. The molecule has 0 heterocycles. The Morgan fingerprint density at radius 3 is 2.43 bits per heavy atom. The lowest BCUT2D eigenvalue weighted by molar-refractivity contribution is 0.395. The molecule has 0 saturated heterocycles. The molecule has 1 fully saturated rings. The number of sulfonamides is 1. The van der Waals surface area contributed by atoms with Crippen LogP contribution in [0.15, 0.2) is 17.0 Å². The molecule has 1 aromatic carbocycles. The van der Waals surface area contributed by atoms with Crippen molar-refractivity contribution >= 4 is 10.0 Å². The SMILES string of the molecule is CCCCN(C1CC1)S(=O)(=O)c1cc(CN)c(C)cc1C. The summed E-state index contributed by atoms with van der Waals surface area (Å²) in [6.07, 6.45) is 3.87. The van der Waals surface area contributed by atoms with Crippen molar-refractivity contribution in [2.75, 3.05) is 6.54 Å². The zero-order valence-electron chi connectivity index (χ0n) is 13.2. The summed E-state index contributed by atoms with van der Waals surface area (Å²) in [5.74, 6) is 0. The van der Waals surface area contributed by atoms with Gasteiger partial charge in [0.25, 0.3) is 0 Å².